The molecule has 1 aromatic carbocycles. The van der Waals surface area contributed by atoms with Gasteiger partial charge in [0, 0.05) is 12.2 Å². The summed E-state index contributed by atoms with van der Waals surface area (Å²) >= 11 is 1.31. The molecule has 1 fully saturated rings. The third-order valence-corrected chi connectivity index (χ3v) is 4.21. The number of carbonyl (C=O) groups excluding carboxylic acids is 2. The number of nitrogens with one attached hydrogen (secondary N) is 1. The quantitative estimate of drug-likeness (QED) is 0.815. The van der Waals surface area contributed by atoms with Gasteiger partial charge in [0.05, 0.1) is 0 Å². The van der Waals surface area contributed by atoms with E-state index >= 15 is 0 Å². The summed E-state index contributed by atoms with van der Waals surface area (Å²) in [7, 11) is 0. The molecule has 7 nitrogen and oxygen atoms in total. The first kappa shape index (κ1) is 15.6. The van der Waals surface area contributed by atoms with E-state index in [4.69, 9.17) is 9.47 Å². The van der Waals surface area contributed by atoms with Gasteiger partial charge in [0.25, 0.3) is 5.91 Å². The van der Waals surface area contributed by atoms with E-state index in [0.29, 0.717) is 16.4 Å². The first-order chi connectivity index (χ1) is 11.2. The van der Waals surface area contributed by atoms with Crippen LogP contribution in [0.15, 0.2) is 24.3 Å². The van der Waals surface area contributed by atoms with Gasteiger partial charge in [-0.3, -0.25) is 14.9 Å². The highest BCUT2D eigenvalue weighted by atomic mass is 32.1. The highest BCUT2D eigenvalue weighted by Crippen LogP contribution is 2.31. The fourth-order valence-electron chi connectivity index (χ4n) is 2.13. The van der Waals surface area contributed by atoms with Gasteiger partial charge >= 0.3 is 0 Å². The Bertz CT molecular complexity index is 680. The van der Waals surface area contributed by atoms with Crippen molar-refractivity contribution in [3.63, 3.8) is 0 Å². The number of hydrogen-bond acceptors (Lipinski definition) is 7. The third kappa shape index (κ3) is 4.11. The summed E-state index contributed by atoms with van der Waals surface area (Å²) in [4.78, 5) is 22.4. The minimum Gasteiger partial charge on any atom is -0.484 e. The van der Waals surface area contributed by atoms with Gasteiger partial charge in [0.15, 0.2) is 6.61 Å². The Morgan fingerprint density at radius 2 is 2.22 bits per heavy atom. The number of nitrogens with zero attached hydrogens (tertiary/aromatic N) is 2. The van der Waals surface area contributed by atoms with Gasteiger partial charge in [-0.15, -0.1) is 10.2 Å². The monoisotopic (exact) mass is 333 g/mol. The standard InChI is InChI=1S/C15H15N3O4S/c19-8-10-3-5-11(6-4-10)22-9-13(20)16-15-18-17-14(23-15)12-2-1-7-21-12/h3-6,8,12H,1-2,7,9H2,(H,16,18,20). The van der Waals surface area contributed by atoms with Crippen molar-refractivity contribution >= 4 is 28.7 Å². The van der Waals surface area contributed by atoms with Crippen LogP contribution in [-0.4, -0.2) is 35.6 Å². The third-order valence-electron chi connectivity index (χ3n) is 3.28. The fraction of sp³-hybridized carbons (Fsp3) is 0.333. The SMILES string of the molecule is O=Cc1ccc(OCC(=O)Nc2nnc(C3CCCO3)s2)cc1. The van der Waals surface area contributed by atoms with Crippen molar-refractivity contribution in [3.8, 4) is 5.75 Å². The van der Waals surface area contributed by atoms with Crippen LogP contribution >= 0.6 is 11.3 Å². The van der Waals surface area contributed by atoms with E-state index in [1.807, 2.05) is 0 Å². The molecule has 2 heterocycles. The molecular weight excluding hydrogens is 318 g/mol. The molecule has 0 spiro atoms. The summed E-state index contributed by atoms with van der Waals surface area (Å²) in [5.41, 5.74) is 0.553. The minimum atomic E-state index is -0.320. The maximum atomic E-state index is 11.9. The smallest absolute Gasteiger partial charge is 0.264 e. The Kier molecular flexibility index (Phi) is 4.94. The number of benzene rings is 1. The van der Waals surface area contributed by atoms with Gasteiger partial charge in [-0.25, -0.2) is 0 Å². The van der Waals surface area contributed by atoms with Crippen LogP contribution < -0.4 is 10.1 Å². The molecular formula is C15H15N3O4S. The average Bonchev–Trinajstić information content (AvgIpc) is 3.24. The van der Waals surface area contributed by atoms with E-state index < -0.39 is 0 Å². The van der Waals surface area contributed by atoms with E-state index in [-0.39, 0.29) is 18.6 Å². The Balaban J connectivity index is 1.49. The topological polar surface area (TPSA) is 90.4 Å². The summed E-state index contributed by atoms with van der Waals surface area (Å²) in [5.74, 6) is 0.197. The average molecular weight is 333 g/mol. The van der Waals surface area contributed by atoms with E-state index in [1.165, 1.54) is 11.3 Å². The van der Waals surface area contributed by atoms with Crippen molar-refractivity contribution in [3.05, 3.63) is 34.8 Å². The highest BCUT2D eigenvalue weighted by Gasteiger charge is 2.22. The first-order valence-electron chi connectivity index (χ1n) is 7.17. The number of ether oxygens (including phenoxy) is 2. The lowest BCUT2D eigenvalue weighted by Gasteiger charge is -2.05. The molecule has 1 saturated heterocycles. The number of aldehydes is 1. The van der Waals surface area contributed by atoms with Crippen LogP contribution in [0.2, 0.25) is 0 Å². The van der Waals surface area contributed by atoms with Crippen LogP contribution in [0.4, 0.5) is 5.13 Å². The van der Waals surface area contributed by atoms with Crippen LogP contribution in [0.3, 0.4) is 0 Å². The molecule has 1 amide bonds. The highest BCUT2D eigenvalue weighted by molar-refractivity contribution is 7.15. The van der Waals surface area contributed by atoms with Crippen molar-refractivity contribution in [2.24, 2.45) is 0 Å². The predicted octanol–water partition coefficient (Wildman–Crippen LogP) is 2.22. The summed E-state index contributed by atoms with van der Waals surface area (Å²) < 4.78 is 10.9. The lowest BCUT2D eigenvalue weighted by Crippen LogP contribution is -2.20. The zero-order valence-corrected chi connectivity index (χ0v) is 13.0. The van der Waals surface area contributed by atoms with Crippen LogP contribution in [0, 0.1) is 0 Å². The van der Waals surface area contributed by atoms with E-state index in [1.54, 1.807) is 24.3 Å². The van der Waals surface area contributed by atoms with E-state index in [9.17, 15) is 9.59 Å². The largest absolute Gasteiger partial charge is 0.484 e. The van der Waals surface area contributed by atoms with Crippen molar-refractivity contribution < 1.29 is 19.1 Å². The van der Waals surface area contributed by atoms with E-state index in [0.717, 1.165) is 30.7 Å². The van der Waals surface area contributed by atoms with Gasteiger partial charge in [-0.2, -0.15) is 0 Å². The fourth-order valence-corrected chi connectivity index (χ4v) is 2.98. The first-order valence-corrected chi connectivity index (χ1v) is 7.99. The van der Waals surface area contributed by atoms with E-state index in [2.05, 4.69) is 15.5 Å². The molecule has 0 saturated carbocycles. The molecule has 3 rings (SSSR count). The van der Waals surface area contributed by atoms with Gasteiger partial charge in [0.1, 0.15) is 23.1 Å². The molecule has 0 bridgehead atoms. The molecule has 1 aromatic heterocycles. The Morgan fingerprint density at radius 1 is 1.39 bits per heavy atom. The normalized spacial score (nSPS) is 17.0. The number of amides is 1. The van der Waals surface area contributed by atoms with Crippen molar-refractivity contribution in [1.82, 2.24) is 10.2 Å². The van der Waals surface area contributed by atoms with Crippen molar-refractivity contribution in [1.29, 1.82) is 0 Å². The Labute approximate surface area is 136 Å². The van der Waals surface area contributed by atoms with Gasteiger partial charge in [-0.1, -0.05) is 11.3 Å². The van der Waals surface area contributed by atoms with Crippen LogP contribution in [0.1, 0.15) is 34.3 Å². The number of aromatic nitrogens is 2. The molecule has 8 heteroatoms. The summed E-state index contributed by atoms with van der Waals surface area (Å²) in [6.07, 6.45) is 2.69. The van der Waals surface area contributed by atoms with Crippen LogP contribution in [0.25, 0.3) is 0 Å². The number of hydrogen-bond donors (Lipinski definition) is 1. The lowest BCUT2D eigenvalue weighted by molar-refractivity contribution is -0.118. The summed E-state index contributed by atoms with van der Waals surface area (Å²) in [5, 5.41) is 11.8. The number of anilines is 1. The molecule has 1 N–H and O–H groups in total. The molecule has 120 valence electrons. The van der Waals surface area contributed by atoms with Gasteiger partial charge < -0.3 is 9.47 Å². The second-order valence-electron chi connectivity index (χ2n) is 4.97. The van der Waals surface area contributed by atoms with Crippen LogP contribution in [-0.2, 0) is 9.53 Å². The van der Waals surface area contributed by atoms with Crippen molar-refractivity contribution in [2.75, 3.05) is 18.5 Å². The maximum Gasteiger partial charge on any atom is 0.264 e. The molecule has 0 aliphatic carbocycles. The molecule has 1 aliphatic rings. The molecule has 23 heavy (non-hydrogen) atoms. The molecule has 0 radical (unpaired) electrons. The lowest BCUT2D eigenvalue weighted by atomic mass is 10.2. The zero-order chi connectivity index (χ0) is 16.1. The van der Waals surface area contributed by atoms with Crippen molar-refractivity contribution in [2.45, 2.75) is 18.9 Å². The van der Waals surface area contributed by atoms with Gasteiger partial charge in [0.2, 0.25) is 5.13 Å². The summed E-state index contributed by atoms with van der Waals surface area (Å²) in [6, 6.07) is 6.52. The summed E-state index contributed by atoms with van der Waals surface area (Å²) in [6.45, 7) is 0.595. The van der Waals surface area contributed by atoms with Crippen LogP contribution in [0.5, 0.6) is 5.75 Å². The predicted molar refractivity (Wildman–Crippen MR) is 83.8 cm³/mol. The molecule has 1 aliphatic heterocycles. The number of rotatable bonds is 6. The molecule has 1 atom stereocenters. The zero-order valence-electron chi connectivity index (χ0n) is 12.2. The number of carbonyl (C=O) groups is 2. The second-order valence-corrected chi connectivity index (χ2v) is 5.98. The molecule has 2 aromatic rings. The Hall–Kier alpha value is -2.32. The molecule has 1 unspecified atom stereocenters. The maximum absolute atomic E-state index is 11.9. The second kappa shape index (κ2) is 7.30. The minimum absolute atomic E-state index is 0.00858. The Morgan fingerprint density at radius 3 is 2.91 bits per heavy atom. The van der Waals surface area contributed by atoms with Gasteiger partial charge in [-0.05, 0) is 37.1 Å².